The van der Waals surface area contributed by atoms with E-state index in [4.69, 9.17) is 14.2 Å². The molecular weight excluding hydrogens is 556 g/mol. The van der Waals surface area contributed by atoms with E-state index in [1.54, 1.807) is 5.57 Å². The van der Waals surface area contributed by atoms with Gasteiger partial charge in [0.2, 0.25) is 0 Å². The van der Waals surface area contributed by atoms with Crippen LogP contribution in [-0.2, 0) is 14.2 Å². The highest BCUT2D eigenvalue weighted by Gasteiger charge is 2.59. The minimum atomic E-state index is -1.43. The Morgan fingerprint density at radius 2 is 1.66 bits per heavy atom. The molecule has 7 heteroatoms. The topological polar surface area (TPSA) is 109 Å². The molecule has 5 aliphatic rings. The largest absolute Gasteiger partial charge is 0.394 e. The lowest BCUT2D eigenvalue weighted by Gasteiger charge is -2.58. The van der Waals surface area contributed by atoms with E-state index in [9.17, 15) is 20.4 Å². The van der Waals surface area contributed by atoms with Crippen LogP contribution in [0.5, 0.6) is 0 Å². The Hall–Kier alpha value is -0.540. The fraction of sp³-hybridized carbons (Fsp3) is 0.946. The summed E-state index contributed by atoms with van der Waals surface area (Å²) >= 11 is 0. The summed E-state index contributed by atoms with van der Waals surface area (Å²) in [5.74, 6) is 5.85. The zero-order chi connectivity index (χ0) is 31.8. The van der Waals surface area contributed by atoms with Crippen molar-refractivity contribution >= 4 is 0 Å². The summed E-state index contributed by atoms with van der Waals surface area (Å²) < 4.78 is 17.4. The average molecular weight is 621 g/mol. The van der Waals surface area contributed by atoms with Crippen molar-refractivity contribution in [1.82, 2.24) is 0 Å². The second kappa shape index (κ2) is 14.3. The number of fused-ring (bicyclic) bond motifs is 5. The van der Waals surface area contributed by atoms with Crippen LogP contribution in [0.3, 0.4) is 0 Å². The number of rotatable bonds is 12. The predicted octanol–water partition coefficient (Wildman–Crippen LogP) is 5.87. The molecule has 0 unspecified atom stereocenters. The van der Waals surface area contributed by atoms with Crippen LogP contribution in [0.15, 0.2) is 11.6 Å². The first-order valence-corrected chi connectivity index (χ1v) is 18.2. The molecule has 254 valence electrons. The molecule has 1 aliphatic heterocycles. The molecule has 0 aromatic heterocycles. The molecule has 1 heterocycles. The van der Waals surface area contributed by atoms with Crippen molar-refractivity contribution in [2.45, 2.75) is 149 Å². The number of ether oxygens (including phenoxy) is 3. The van der Waals surface area contributed by atoms with Crippen molar-refractivity contribution in [2.24, 2.45) is 52.3 Å². The molecule has 0 spiro atoms. The van der Waals surface area contributed by atoms with E-state index < -0.39 is 37.3 Å². The van der Waals surface area contributed by atoms with E-state index in [0.717, 1.165) is 54.3 Å². The molecule has 0 bridgehead atoms. The summed E-state index contributed by atoms with van der Waals surface area (Å²) in [6.45, 7) is 15.1. The maximum atomic E-state index is 10.2. The third-order valence-electron chi connectivity index (χ3n) is 13.8. The zero-order valence-electron chi connectivity index (χ0n) is 28.5. The highest BCUT2D eigenvalue weighted by Crippen LogP contribution is 2.67. The first-order valence-electron chi connectivity index (χ1n) is 18.2. The Morgan fingerprint density at radius 3 is 2.36 bits per heavy atom. The van der Waals surface area contributed by atoms with Crippen LogP contribution in [-0.4, -0.2) is 77.1 Å². The van der Waals surface area contributed by atoms with Gasteiger partial charge < -0.3 is 34.6 Å². The molecule has 0 amide bonds. The van der Waals surface area contributed by atoms with E-state index in [-0.39, 0.29) is 18.1 Å². The molecule has 4 fully saturated rings. The molecule has 3 saturated carbocycles. The molecule has 7 nitrogen and oxygen atoms in total. The zero-order valence-corrected chi connectivity index (χ0v) is 28.5. The maximum Gasteiger partial charge on any atom is 0.186 e. The molecule has 0 aromatic carbocycles. The molecule has 5 rings (SSSR count). The van der Waals surface area contributed by atoms with Gasteiger partial charge in [0.05, 0.1) is 25.9 Å². The number of aliphatic hydroxyl groups is 4. The summed E-state index contributed by atoms with van der Waals surface area (Å²) in [4.78, 5) is 0. The van der Waals surface area contributed by atoms with Crippen molar-refractivity contribution in [1.29, 1.82) is 0 Å². The van der Waals surface area contributed by atoms with Gasteiger partial charge in [0.15, 0.2) is 6.29 Å². The van der Waals surface area contributed by atoms with Gasteiger partial charge in [0.1, 0.15) is 24.4 Å². The predicted molar refractivity (Wildman–Crippen MR) is 172 cm³/mol. The van der Waals surface area contributed by atoms with Crippen LogP contribution < -0.4 is 0 Å². The van der Waals surface area contributed by atoms with Gasteiger partial charge in [0.25, 0.3) is 0 Å². The van der Waals surface area contributed by atoms with E-state index in [0.29, 0.717) is 12.0 Å². The van der Waals surface area contributed by atoms with Crippen LogP contribution in [0, 0.1) is 52.3 Å². The highest BCUT2D eigenvalue weighted by atomic mass is 16.7. The van der Waals surface area contributed by atoms with E-state index in [1.165, 1.54) is 57.8 Å². The summed E-state index contributed by atoms with van der Waals surface area (Å²) in [7, 11) is 0. The first-order chi connectivity index (χ1) is 20.9. The summed E-state index contributed by atoms with van der Waals surface area (Å²) in [5, 5.41) is 39.6. The lowest BCUT2D eigenvalue weighted by molar-refractivity contribution is -0.302. The minimum absolute atomic E-state index is 0.160. The minimum Gasteiger partial charge on any atom is -0.394 e. The van der Waals surface area contributed by atoms with Crippen molar-refractivity contribution in [2.75, 3.05) is 19.8 Å². The summed E-state index contributed by atoms with van der Waals surface area (Å²) in [6, 6.07) is 0. The fourth-order valence-corrected chi connectivity index (χ4v) is 11.0. The number of aliphatic hydroxyl groups excluding tert-OH is 4. The van der Waals surface area contributed by atoms with Gasteiger partial charge in [-0.2, -0.15) is 0 Å². The maximum absolute atomic E-state index is 10.2. The van der Waals surface area contributed by atoms with Crippen molar-refractivity contribution in [3.05, 3.63) is 11.6 Å². The standard InChI is InChI=1S/C37H64O7/c1-7-24(22(2)3)9-8-23(4)28-12-13-29-27-11-10-25-20-26(14-16-36(25,5)30(27)15-17-37(28,29)6)42-18-19-43-35-34(41)33(40)32(39)31(21-38)44-35/h10,22-24,26-35,38-41H,7-9,11-21H2,1-6H3/t23-,24-,26+,27+,28-,29+,30+,31-,32-,33+,34-,35+,36+,37-/m1/s1. The molecule has 0 aromatic rings. The smallest absolute Gasteiger partial charge is 0.186 e. The van der Waals surface area contributed by atoms with E-state index >= 15 is 0 Å². The molecular formula is C37H64O7. The van der Waals surface area contributed by atoms with Gasteiger partial charge in [-0.3, -0.25) is 0 Å². The number of hydrogen-bond donors (Lipinski definition) is 4. The highest BCUT2D eigenvalue weighted by molar-refractivity contribution is 5.25. The van der Waals surface area contributed by atoms with Crippen LogP contribution >= 0.6 is 0 Å². The number of hydrogen-bond acceptors (Lipinski definition) is 7. The lowest BCUT2D eigenvalue weighted by atomic mass is 9.47. The summed E-state index contributed by atoms with van der Waals surface area (Å²) in [5.41, 5.74) is 2.39. The van der Waals surface area contributed by atoms with Crippen LogP contribution in [0.1, 0.15) is 112 Å². The van der Waals surface area contributed by atoms with Gasteiger partial charge >= 0.3 is 0 Å². The fourth-order valence-electron chi connectivity index (χ4n) is 11.0. The monoisotopic (exact) mass is 620 g/mol. The Balaban J connectivity index is 1.13. The average Bonchev–Trinajstić information content (AvgIpc) is 3.36. The summed E-state index contributed by atoms with van der Waals surface area (Å²) in [6.07, 6.45) is 10.7. The van der Waals surface area contributed by atoms with Crippen molar-refractivity contribution < 1.29 is 34.6 Å². The Morgan fingerprint density at radius 1 is 0.909 bits per heavy atom. The lowest BCUT2D eigenvalue weighted by Crippen LogP contribution is -2.59. The normalized spacial score (nSPS) is 45.3. The van der Waals surface area contributed by atoms with Gasteiger partial charge in [0, 0.05) is 0 Å². The third-order valence-corrected chi connectivity index (χ3v) is 13.8. The van der Waals surface area contributed by atoms with Gasteiger partial charge in [-0.15, -0.1) is 0 Å². The van der Waals surface area contributed by atoms with Gasteiger partial charge in [-0.05, 0) is 110 Å². The number of allylic oxidation sites excluding steroid dienone is 1. The quantitative estimate of drug-likeness (QED) is 0.160. The first kappa shape index (κ1) is 34.8. The van der Waals surface area contributed by atoms with E-state index in [1.807, 2.05) is 0 Å². The van der Waals surface area contributed by atoms with Crippen LogP contribution in [0.4, 0.5) is 0 Å². The molecule has 14 atom stereocenters. The van der Waals surface area contributed by atoms with Crippen LogP contribution in [0.25, 0.3) is 0 Å². The molecule has 0 radical (unpaired) electrons. The molecule has 1 saturated heterocycles. The van der Waals surface area contributed by atoms with Gasteiger partial charge in [-0.25, -0.2) is 0 Å². The Labute approximate surface area is 267 Å². The SMILES string of the molecule is CC[C@H](CC[C@@H](C)[C@H]1CC[C@H]2[C@@H]3CC=C4C[C@@H](OCCO[C@H]5O[C@H](CO)[C@@H](O)[C@H](O)[C@H]5O)CC[C@]4(C)[C@H]3CC[C@]12C)C(C)C. The molecule has 4 aliphatic carbocycles. The molecule has 44 heavy (non-hydrogen) atoms. The second-order valence-electron chi connectivity index (χ2n) is 16.3. The Kier molecular flexibility index (Phi) is 11.3. The van der Waals surface area contributed by atoms with Crippen molar-refractivity contribution in [3.63, 3.8) is 0 Å². The van der Waals surface area contributed by atoms with E-state index in [2.05, 4.69) is 47.6 Å². The van der Waals surface area contributed by atoms with Gasteiger partial charge in [-0.1, -0.05) is 66.0 Å². The van der Waals surface area contributed by atoms with Crippen LogP contribution in [0.2, 0.25) is 0 Å². The third kappa shape index (κ3) is 6.59. The second-order valence-corrected chi connectivity index (χ2v) is 16.3. The Bertz CT molecular complexity index is 967. The molecule has 4 N–H and O–H groups in total. The van der Waals surface area contributed by atoms with Crippen molar-refractivity contribution in [3.8, 4) is 0 Å².